The Kier molecular flexibility index (Phi) is 4.65. The minimum Gasteiger partial charge on any atom is -0.493 e. The highest BCUT2D eigenvalue weighted by atomic mass is 16.3. The van der Waals surface area contributed by atoms with Crippen LogP contribution >= 0.6 is 0 Å². The Morgan fingerprint density at radius 2 is 1.82 bits per heavy atom. The molecule has 1 saturated carbocycles. The SMILES string of the molecule is Oc1ncc2c3c(cccc13)N([C@H]1CC[C@H](NCc3ccccc3)CC1)CC2. The summed E-state index contributed by atoms with van der Waals surface area (Å²) in [5.74, 6) is 0.149. The van der Waals surface area contributed by atoms with E-state index in [0.717, 1.165) is 24.9 Å². The van der Waals surface area contributed by atoms with E-state index in [9.17, 15) is 5.11 Å². The van der Waals surface area contributed by atoms with Gasteiger partial charge >= 0.3 is 0 Å². The van der Waals surface area contributed by atoms with E-state index in [1.54, 1.807) is 0 Å². The topological polar surface area (TPSA) is 48.4 Å². The molecule has 144 valence electrons. The van der Waals surface area contributed by atoms with Crippen LogP contribution in [0.5, 0.6) is 5.88 Å². The lowest BCUT2D eigenvalue weighted by Gasteiger charge is -2.41. The van der Waals surface area contributed by atoms with Gasteiger partial charge in [-0.05, 0) is 55.4 Å². The fourth-order valence-corrected chi connectivity index (χ4v) is 4.96. The van der Waals surface area contributed by atoms with Gasteiger partial charge in [0.05, 0.1) is 0 Å². The Balaban J connectivity index is 1.28. The smallest absolute Gasteiger partial charge is 0.218 e. The number of nitrogens with zero attached hydrogens (tertiary/aromatic N) is 2. The summed E-state index contributed by atoms with van der Waals surface area (Å²) in [5.41, 5.74) is 3.90. The molecule has 28 heavy (non-hydrogen) atoms. The largest absolute Gasteiger partial charge is 0.493 e. The maximum Gasteiger partial charge on any atom is 0.218 e. The van der Waals surface area contributed by atoms with Crippen molar-refractivity contribution in [3.8, 4) is 5.88 Å². The summed E-state index contributed by atoms with van der Waals surface area (Å²) in [6.07, 6.45) is 7.73. The summed E-state index contributed by atoms with van der Waals surface area (Å²) in [6, 6.07) is 18.1. The molecule has 1 aliphatic heterocycles. The maximum atomic E-state index is 10.2. The maximum absolute atomic E-state index is 10.2. The van der Waals surface area contributed by atoms with E-state index in [1.807, 2.05) is 18.3 Å². The quantitative estimate of drug-likeness (QED) is 0.711. The molecule has 0 unspecified atom stereocenters. The molecule has 0 saturated heterocycles. The molecule has 2 aromatic carbocycles. The molecule has 2 aliphatic rings. The minimum atomic E-state index is 0.149. The molecule has 4 heteroatoms. The first-order valence-electron chi connectivity index (χ1n) is 10.4. The van der Waals surface area contributed by atoms with Crippen LogP contribution < -0.4 is 10.2 Å². The van der Waals surface area contributed by atoms with E-state index in [1.165, 1.54) is 47.9 Å². The molecule has 0 atom stereocenters. The number of benzene rings is 2. The zero-order chi connectivity index (χ0) is 18.9. The van der Waals surface area contributed by atoms with Crippen LogP contribution in [0.15, 0.2) is 54.7 Å². The molecule has 0 radical (unpaired) electrons. The van der Waals surface area contributed by atoms with E-state index in [2.05, 4.69) is 51.6 Å². The average Bonchev–Trinajstić information content (AvgIpc) is 2.76. The zero-order valence-electron chi connectivity index (χ0n) is 16.1. The van der Waals surface area contributed by atoms with Crippen molar-refractivity contribution in [2.45, 2.75) is 50.7 Å². The highest BCUT2D eigenvalue weighted by Gasteiger charge is 2.29. The molecule has 3 aromatic rings. The lowest BCUT2D eigenvalue weighted by Crippen LogP contribution is -2.44. The van der Waals surface area contributed by atoms with Crippen molar-refractivity contribution >= 4 is 16.5 Å². The predicted octanol–water partition coefficient (Wildman–Crippen LogP) is 4.40. The monoisotopic (exact) mass is 373 g/mol. The van der Waals surface area contributed by atoms with E-state index >= 15 is 0 Å². The summed E-state index contributed by atoms with van der Waals surface area (Å²) < 4.78 is 0. The Morgan fingerprint density at radius 3 is 2.64 bits per heavy atom. The lowest BCUT2D eigenvalue weighted by molar-refractivity contribution is 0.330. The molecular formula is C24H27N3O. The zero-order valence-corrected chi connectivity index (χ0v) is 16.1. The number of rotatable bonds is 4. The first-order chi connectivity index (χ1) is 13.8. The Hall–Kier alpha value is -2.59. The van der Waals surface area contributed by atoms with Gasteiger partial charge in [-0.3, -0.25) is 0 Å². The molecule has 1 fully saturated rings. The van der Waals surface area contributed by atoms with Crippen molar-refractivity contribution in [1.82, 2.24) is 10.3 Å². The van der Waals surface area contributed by atoms with Crippen LogP contribution in [0.3, 0.4) is 0 Å². The third-order valence-corrected chi connectivity index (χ3v) is 6.45. The van der Waals surface area contributed by atoms with Gasteiger partial charge in [-0.2, -0.15) is 0 Å². The van der Waals surface area contributed by atoms with Crippen molar-refractivity contribution in [3.05, 3.63) is 65.9 Å². The van der Waals surface area contributed by atoms with Gasteiger partial charge in [-0.1, -0.05) is 36.4 Å². The second-order valence-electron chi connectivity index (χ2n) is 8.12. The fraction of sp³-hybridized carbons (Fsp3) is 0.375. The van der Waals surface area contributed by atoms with Crippen LogP contribution in [0.4, 0.5) is 5.69 Å². The number of hydrogen-bond donors (Lipinski definition) is 2. The van der Waals surface area contributed by atoms with Gasteiger partial charge in [-0.15, -0.1) is 0 Å². The summed E-state index contributed by atoms with van der Waals surface area (Å²) in [6.45, 7) is 2.00. The molecule has 4 nitrogen and oxygen atoms in total. The highest BCUT2D eigenvalue weighted by molar-refractivity contribution is 6.00. The standard InChI is InChI=1S/C24H27N3O/c28-24-21-7-4-8-22-23(21)18(16-26-24)13-14-27(22)20-11-9-19(10-12-20)25-15-17-5-2-1-3-6-17/h1-8,16,19-20,25H,9-15H2,(H,26,28)/t19-,20-. The summed E-state index contributed by atoms with van der Waals surface area (Å²) in [7, 11) is 0. The van der Waals surface area contributed by atoms with Crippen LogP contribution in [-0.4, -0.2) is 28.7 Å². The second-order valence-corrected chi connectivity index (χ2v) is 8.12. The molecule has 0 spiro atoms. The van der Waals surface area contributed by atoms with Crippen molar-refractivity contribution in [3.63, 3.8) is 0 Å². The summed E-state index contributed by atoms with van der Waals surface area (Å²) in [5, 5.41) is 16.0. The number of aromatic hydroxyl groups is 1. The van der Waals surface area contributed by atoms with Crippen LogP contribution in [0.2, 0.25) is 0 Å². The Labute approximate surface area is 166 Å². The fourth-order valence-electron chi connectivity index (χ4n) is 4.96. The second kappa shape index (κ2) is 7.44. The molecule has 5 rings (SSSR count). The van der Waals surface area contributed by atoms with Gasteiger partial charge in [0.2, 0.25) is 5.88 Å². The molecule has 0 amide bonds. The first-order valence-corrected chi connectivity index (χ1v) is 10.4. The Bertz CT molecular complexity index is 964. The molecule has 1 aromatic heterocycles. The predicted molar refractivity (Wildman–Crippen MR) is 114 cm³/mol. The van der Waals surface area contributed by atoms with Crippen molar-refractivity contribution < 1.29 is 5.11 Å². The summed E-state index contributed by atoms with van der Waals surface area (Å²) >= 11 is 0. The Morgan fingerprint density at radius 1 is 1.00 bits per heavy atom. The lowest BCUT2D eigenvalue weighted by atomic mass is 9.87. The van der Waals surface area contributed by atoms with Crippen molar-refractivity contribution in [2.75, 3.05) is 11.4 Å². The molecular weight excluding hydrogens is 346 g/mol. The molecule has 1 aliphatic carbocycles. The van der Waals surface area contributed by atoms with E-state index in [0.29, 0.717) is 12.1 Å². The number of nitrogens with one attached hydrogen (secondary N) is 1. The van der Waals surface area contributed by atoms with E-state index in [-0.39, 0.29) is 5.88 Å². The number of anilines is 1. The van der Waals surface area contributed by atoms with Gasteiger partial charge < -0.3 is 15.3 Å². The van der Waals surface area contributed by atoms with Gasteiger partial charge in [0.1, 0.15) is 0 Å². The number of pyridine rings is 1. The van der Waals surface area contributed by atoms with Crippen molar-refractivity contribution in [1.29, 1.82) is 0 Å². The normalized spacial score (nSPS) is 21.8. The van der Waals surface area contributed by atoms with Crippen LogP contribution in [-0.2, 0) is 13.0 Å². The van der Waals surface area contributed by atoms with Crippen LogP contribution in [0, 0.1) is 0 Å². The van der Waals surface area contributed by atoms with Gasteiger partial charge in [-0.25, -0.2) is 4.98 Å². The first kappa shape index (κ1) is 17.5. The minimum absolute atomic E-state index is 0.149. The van der Waals surface area contributed by atoms with Gasteiger partial charge in [0, 0.05) is 47.8 Å². The van der Waals surface area contributed by atoms with E-state index < -0.39 is 0 Å². The van der Waals surface area contributed by atoms with Crippen molar-refractivity contribution in [2.24, 2.45) is 0 Å². The van der Waals surface area contributed by atoms with E-state index in [4.69, 9.17) is 0 Å². The summed E-state index contributed by atoms with van der Waals surface area (Å²) in [4.78, 5) is 6.76. The highest BCUT2D eigenvalue weighted by Crippen LogP contribution is 2.39. The molecule has 2 N–H and O–H groups in total. The third-order valence-electron chi connectivity index (χ3n) is 6.45. The molecule has 0 bridgehead atoms. The van der Waals surface area contributed by atoms with Gasteiger partial charge in [0.15, 0.2) is 0 Å². The third kappa shape index (κ3) is 3.22. The van der Waals surface area contributed by atoms with Crippen LogP contribution in [0.1, 0.15) is 36.8 Å². The number of aromatic nitrogens is 1. The average molecular weight is 374 g/mol. The van der Waals surface area contributed by atoms with Crippen LogP contribution in [0.25, 0.3) is 10.8 Å². The molecule has 2 heterocycles. The number of hydrogen-bond acceptors (Lipinski definition) is 4. The van der Waals surface area contributed by atoms with Gasteiger partial charge in [0.25, 0.3) is 0 Å².